The Morgan fingerprint density at radius 2 is 2.28 bits per heavy atom. The monoisotopic (exact) mass is 249 g/mol. The van der Waals surface area contributed by atoms with Crippen molar-refractivity contribution in [3.05, 3.63) is 17.7 Å². The van der Waals surface area contributed by atoms with Crippen LogP contribution in [0.15, 0.2) is 6.20 Å². The van der Waals surface area contributed by atoms with Gasteiger partial charge in [0.2, 0.25) is 0 Å². The van der Waals surface area contributed by atoms with Crippen LogP contribution in [0.4, 0.5) is 0 Å². The van der Waals surface area contributed by atoms with Gasteiger partial charge in [-0.15, -0.1) is 0 Å². The summed E-state index contributed by atoms with van der Waals surface area (Å²) >= 11 is 0. The molecule has 100 valence electrons. The van der Waals surface area contributed by atoms with E-state index in [1.165, 1.54) is 30.9 Å². The maximum atomic E-state index is 9.28. The van der Waals surface area contributed by atoms with Gasteiger partial charge in [-0.1, -0.05) is 6.92 Å². The molecular formula is C14H23N3O. The highest BCUT2D eigenvalue weighted by molar-refractivity contribution is 5.13. The Labute approximate surface area is 109 Å². The van der Waals surface area contributed by atoms with Crippen molar-refractivity contribution in [3.8, 4) is 0 Å². The first kappa shape index (κ1) is 12.2. The Morgan fingerprint density at radius 3 is 3.06 bits per heavy atom. The van der Waals surface area contributed by atoms with Crippen LogP contribution in [0.1, 0.15) is 43.7 Å². The molecule has 2 atom stereocenters. The van der Waals surface area contributed by atoms with E-state index in [0.717, 1.165) is 25.9 Å². The van der Waals surface area contributed by atoms with E-state index in [1.54, 1.807) is 0 Å². The number of aliphatic hydroxyl groups excluding tert-OH is 1. The molecule has 1 saturated heterocycles. The molecule has 3 rings (SSSR count). The minimum Gasteiger partial charge on any atom is -0.396 e. The minimum absolute atomic E-state index is 0.311. The molecule has 0 aromatic carbocycles. The number of nitrogens with zero attached hydrogens (tertiary/aromatic N) is 3. The molecule has 1 aromatic rings. The first-order valence-corrected chi connectivity index (χ1v) is 7.22. The Kier molecular flexibility index (Phi) is 3.39. The van der Waals surface area contributed by atoms with Crippen LogP contribution in [-0.2, 0) is 13.0 Å². The lowest BCUT2D eigenvalue weighted by molar-refractivity contribution is 0.196. The van der Waals surface area contributed by atoms with Crippen molar-refractivity contribution in [2.24, 2.45) is 5.92 Å². The Balaban J connectivity index is 1.84. The summed E-state index contributed by atoms with van der Waals surface area (Å²) in [4.78, 5) is 7.22. The first-order chi connectivity index (χ1) is 8.83. The predicted molar refractivity (Wildman–Crippen MR) is 70.3 cm³/mol. The number of rotatable bonds is 3. The standard InChI is InChI=1S/C14H23N3O/c1-2-16-6-3-4-13(16)14-15-9-12-8-11(10-18)5-7-17(12)14/h9,11,13,18H,2-8,10H2,1H3. The van der Waals surface area contributed by atoms with Gasteiger partial charge in [0.1, 0.15) is 5.82 Å². The number of aromatic nitrogens is 2. The summed E-state index contributed by atoms with van der Waals surface area (Å²) in [6, 6.07) is 0.523. The summed E-state index contributed by atoms with van der Waals surface area (Å²) in [6.07, 6.45) is 6.64. The average Bonchev–Trinajstić information content (AvgIpc) is 3.03. The Bertz CT molecular complexity index is 415. The van der Waals surface area contributed by atoms with Gasteiger partial charge in [-0.25, -0.2) is 4.98 Å². The van der Waals surface area contributed by atoms with E-state index < -0.39 is 0 Å². The van der Waals surface area contributed by atoms with E-state index in [0.29, 0.717) is 18.6 Å². The molecule has 1 N–H and O–H groups in total. The molecule has 0 radical (unpaired) electrons. The van der Waals surface area contributed by atoms with E-state index in [9.17, 15) is 5.11 Å². The minimum atomic E-state index is 0.311. The van der Waals surface area contributed by atoms with Crippen molar-refractivity contribution < 1.29 is 5.11 Å². The average molecular weight is 249 g/mol. The number of hydrogen-bond acceptors (Lipinski definition) is 3. The Morgan fingerprint density at radius 1 is 1.39 bits per heavy atom. The molecular weight excluding hydrogens is 226 g/mol. The quantitative estimate of drug-likeness (QED) is 0.884. The van der Waals surface area contributed by atoms with Gasteiger partial charge < -0.3 is 9.67 Å². The molecule has 2 unspecified atom stereocenters. The highest BCUT2D eigenvalue weighted by atomic mass is 16.3. The largest absolute Gasteiger partial charge is 0.396 e. The lowest BCUT2D eigenvalue weighted by Gasteiger charge is -2.27. The van der Waals surface area contributed by atoms with E-state index in [4.69, 9.17) is 0 Å². The van der Waals surface area contributed by atoms with Crippen LogP contribution in [-0.4, -0.2) is 39.3 Å². The molecule has 3 heterocycles. The zero-order valence-electron chi connectivity index (χ0n) is 11.2. The van der Waals surface area contributed by atoms with E-state index in [-0.39, 0.29) is 0 Å². The number of imidazole rings is 1. The molecule has 4 heteroatoms. The molecule has 18 heavy (non-hydrogen) atoms. The second-order valence-corrected chi connectivity index (χ2v) is 5.59. The van der Waals surface area contributed by atoms with Crippen molar-refractivity contribution in [2.45, 2.75) is 45.2 Å². The smallest absolute Gasteiger partial charge is 0.126 e. The molecule has 0 bridgehead atoms. The summed E-state index contributed by atoms with van der Waals surface area (Å²) in [7, 11) is 0. The van der Waals surface area contributed by atoms with Gasteiger partial charge in [-0.05, 0) is 44.7 Å². The SMILES string of the molecule is CCN1CCCC1c1ncc2n1CCC(CO)C2. The maximum absolute atomic E-state index is 9.28. The topological polar surface area (TPSA) is 41.3 Å². The Hall–Kier alpha value is -0.870. The van der Waals surface area contributed by atoms with Gasteiger partial charge in [0.25, 0.3) is 0 Å². The summed E-state index contributed by atoms with van der Waals surface area (Å²) in [5.74, 6) is 1.70. The normalized spacial score (nSPS) is 28.6. The predicted octanol–water partition coefficient (Wildman–Crippen LogP) is 1.59. The third-order valence-electron chi connectivity index (χ3n) is 4.55. The van der Waals surface area contributed by atoms with Gasteiger partial charge in [0.15, 0.2) is 0 Å². The van der Waals surface area contributed by atoms with Gasteiger partial charge in [-0.2, -0.15) is 0 Å². The van der Waals surface area contributed by atoms with E-state index in [1.807, 2.05) is 6.20 Å². The molecule has 1 fully saturated rings. The van der Waals surface area contributed by atoms with Crippen LogP contribution >= 0.6 is 0 Å². The second kappa shape index (κ2) is 5.02. The fourth-order valence-electron chi connectivity index (χ4n) is 3.48. The van der Waals surface area contributed by atoms with E-state index in [2.05, 4.69) is 21.4 Å². The third kappa shape index (κ3) is 1.97. The highest BCUT2D eigenvalue weighted by Gasteiger charge is 2.30. The number of fused-ring (bicyclic) bond motifs is 1. The van der Waals surface area contributed by atoms with Gasteiger partial charge in [0.05, 0.1) is 6.04 Å². The third-order valence-corrected chi connectivity index (χ3v) is 4.55. The highest BCUT2D eigenvalue weighted by Crippen LogP contribution is 2.33. The van der Waals surface area contributed by atoms with Crippen LogP contribution in [0.5, 0.6) is 0 Å². The molecule has 1 aromatic heterocycles. The van der Waals surface area contributed by atoms with Gasteiger partial charge in [-0.3, -0.25) is 4.90 Å². The maximum Gasteiger partial charge on any atom is 0.126 e. The molecule has 0 amide bonds. The molecule has 2 aliphatic heterocycles. The van der Waals surface area contributed by atoms with Crippen LogP contribution in [0.25, 0.3) is 0 Å². The van der Waals surface area contributed by atoms with Crippen LogP contribution in [0.3, 0.4) is 0 Å². The molecule has 2 aliphatic rings. The van der Waals surface area contributed by atoms with Gasteiger partial charge in [0, 0.05) is 25.0 Å². The van der Waals surface area contributed by atoms with Crippen molar-refractivity contribution in [2.75, 3.05) is 19.7 Å². The van der Waals surface area contributed by atoms with E-state index >= 15 is 0 Å². The summed E-state index contributed by atoms with van der Waals surface area (Å²) in [5.41, 5.74) is 1.32. The molecule has 4 nitrogen and oxygen atoms in total. The zero-order valence-corrected chi connectivity index (χ0v) is 11.2. The summed E-state index contributed by atoms with van der Waals surface area (Å²) in [6.45, 7) is 5.91. The summed E-state index contributed by atoms with van der Waals surface area (Å²) < 4.78 is 2.41. The van der Waals surface area contributed by atoms with Crippen molar-refractivity contribution in [1.82, 2.24) is 14.5 Å². The fraction of sp³-hybridized carbons (Fsp3) is 0.786. The lowest BCUT2D eigenvalue weighted by atomic mass is 9.97. The molecule has 0 aliphatic carbocycles. The summed E-state index contributed by atoms with van der Waals surface area (Å²) in [5, 5.41) is 9.28. The number of likely N-dealkylation sites (tertiary alicyclic amines) is 1. The molecule has 0 saturated carbocycles. The van der Waals surface area contributed by atoms with Crippen molar-refractivity contribution >= 4 is 0 Å². The lowest BCUT2D eigenvalue weighted by Crippen LogP contribution is -2.28. The second-order valence-electron chi connectivity index (χ2n) is 5.59. The van der Waals surface area contributed by atoms with Gasteiger partial charge >= 0.3 is 0 Å². The fourth-order valence-corrected chi connectivity index (χ4v) is 3.48. The van der Waals surface area contributed by atoms with Crippen LogP contribution < -0.4 is 0 Å². The van der Waals surface area contributed by atoms with Crippen molar-refractivity contribution in [1.29, 1.82) is 0 Å². The van der Waals surface area contributed by atoms with Crippen LogP contribution in [0, 0.1) is 5.92 Å². The molecule has 0 spiro atoms. The van der Waals surface area contributed by atoms with Crippen molar-refractivity contribution in [3.63, 3.8) is 0 Å². The first-order valence-electron chi connectivity index (χ1n) is 7.22. The zero-order chi connectivity index (χ0) is 12.5. The number of aliphatic hydroxyl groups is 1. The number of hydrogen-bond donors (Lipinski definition) is 1. The van der Waals surface area contributed by atoms with Crippen LogP contribution in [0.2, 0.25) is 0 Å².